The molecular weight excluding hydrogens is 260 g/mol. The van der Waals surface area contributed by atoms with Crippen LogP contribution in [0.2, 0.25) is 5.02 Å². The first kappa shape index (κ1) is 13.7. The molecule has 0 bridgehead atoms. The van der Waals surface area contributed by atoms with Crippen LogP contribution in [0.3, 0.4) is 0 Å². The molecule has 18 heavy (non-hydrogen) atoms. The van der Waals surface area contributed by atoms with E-state index in [0.29, 0.717) is 6.08 Å². The van der Waals surface area contributed by atoms with Gasteiger partial charge in [0.05, 0.1) is 10.7 Å². The lowest BCUT2D eigenvalue weighted by Crippen LogP contribution is -2.13. The first-order valence-corrected chi connectivity index (χ1v) is 5.09. The minimum atomic E-state index is -1.25. The van der Waals surface area contributed by atoms with Gasteiger partial charge < -0.3 is 16.2 Å². The molecule has 0 radical (unpaired) electrons. The van der Waals surface area contributed by atoms with E-state index >= 15 is 0 Å². The Kier molecular flexibility index (Phi) is 4.45. The van der Waals surface area contributed by atoms with Crippen LogP contribution in [0.5, 0.6) is 0 Å². The van der Waals surface area contributed by atoms with Gasteiger partial charge in [-0.2, -0.15) is 0 Å². The summed E-state index contributed by atoms with van der Waals surface area (Å²) in [5.74, 6) is -2.59. The van der Waals surface area contributed by atoms with Crippen molar-refractivity contribution in [1.82, 2.24) is 0 Å². The number of primary amides is 1. The first-order chi connectivity index (χ1) is 8.40. The Morgan fingerprint density at radius 1 is 1.28 bits per heavy atom. The van der Waals surface area contributed by atoms with Gasteiger partial charge >= 0.3 is 5.97 Å². The number of carbonyl (C=O) groups excluding carboxylic acids is 2. The van der Waals surface area contributed by atoms with Gasteiger partial charge in [0.1, 0.15) is 0 Å². The van der Waals surface area contributed by atoms with E-state index in [0.717, 1.165) is 6.08 Å². The maximum absolute atomic E-state index is 11.3. The molecule has 0 aliphatic heterocycles. The number of rotatable bonds is 4. The summed E-state index contributed by atoms with van der Waals surface area (Å²) in [6.45, 7) is 0. The molecule has 1 aromatic carbocycles. The fourth-order valence-electron chi connectivity index (χ4n) is 1.10. The van der Waals surface area contributed by atoms with Crippen LogP contribution in [0.4, 0.5) is 5.69 Å². The van der Waals surface area contributed by atoms with E-state index < -0.39 is 17.8 Å². The lowest BCUT2D eigenvalue weighted by molar-refractivity contribution is -0.131. The lowest BCUT2D eigenvalue weighted by Gasteiger charge is -2.06. The number of hydrogen-bond donors (Lipinski definition) is 3. The third-order valence-electron chi connectivity index (χ3n) is 1.89. The van der Waals surface area contributed by atoms with Gasteiger partial charge in [-0.05, 0) is 18.2 Å². The van der Waals surface area contributed by atoms with Crippen LogP contribution < -0.4 is 11.1 Å². The van der Waals surface area contributed by atoms with Crippen LogP contribution >= 0.6 is 11.6 Å². The third kappa shape index (κ3) is 3.91. The number of carbonyl (C=O) groups is 3. The van der Waals surface area contributed by atoms with E-state index in [4.69, 9.17) is 22.4 Å². The SMILES string of the molecule is NC(=O)c1ccc(Cl)c(NC(=O)/C=C\C(=O)O)c1. The summed E-state index contributed by atoms with van der Waals surface area (Å²) in [4.78, 5) is 32.5. The Bertz CT molecular complexity index is 540. The average molecular weight is 269 g/mol. The molecule has 7 heteroatoms. The number of nitrogens with two attached hydrogens (primary N) is 1. The molecule has 0 spiro atoms. The molecular formula is C11H9ClN2O4. The van der Waals surface area contributed by atoms with Gasteiger partial charge in [-0.15, -0.1) is 0 Å². The van der Waals surface area contributed by atoms with E-state index in [1.807, 2.05) is 0 Å². The van der Waals surface area contributed by atoms with Crippen LogP contribution in [0, 0.1) is 0 Å². The number of benzene rings is 1. The summed E-state index contributed by atoms with van der Waals surface area (Å²) in [5, 5.41) is 10.9. The van der Waals surface area contributed by atoms with E-state index in [9.17, 15) is 14.4 Å². The van der Waals surface area contributed by atoms with Crippen LogP contribution in [0.15, 0.2) is 30.4 Å². The second-order valence-corrected chi connectivity index (χ2v) is 3.63. The van der Waals surface area contributed by atoms with Crippen LogP contribution in [0.1, 0.15) is 10.4 Å². The highest BCUT2D eigenvalue weighted by molar-refractivity contribution is 6.34. The standard InChI is InChI=1S/C11H9ClN2O4/c12-7-2-1-6(11(13)18)5-8(7)14-9(15)3-4-10(16)17/h1-5H,(H2,13,18)(H,14,15)(H,16,17)/b4-3-. The summed E-state index contributed by atoms with van der Waals surface area (Å²) >= 11 is 5.80. The summed E-state index contributed by atoms with van der Waals surface area (Å²) in [6.07, 6.45) is 1.51. The molecule has 94 valence electrons. The topological polar surface area (TPSA) is 109 Å². The maximum atomic E-state index is 11.3. The van der Waals surface area contributed by atoms with Crippen molar-refractivity contribution < 1.29 is 19.5 Å². The van der Waals surface area contributed by atoms with Crippen molar-refractivity contribution in [3.8, 4) is 0 Å². The van der Waals surface area contributed by atoms with Gasteiger partial charge in [0.25, 0.3) is 0 Å². The molecule has 4 N–H and O–H groups in total. The Morgan fingerprint density at radius 3 is 2.50 bits per heavy atom. The molecule has 0 atom stereocenters. The largest absolute Gasteiger partial charge is 0.478 e. The number of anilines is 1. The van der Waals surface area contributed by atoms with E-state index in [-0.39, 0.29) is 16.3 Å². The number of hydrogen-bond acceptors (Lipinski definition) is 3. The van der Waals surface area contributed by atoms with Crippen molar-refractivity contribution in [3.05, 3.63) is 40.9 Å². The van der Waals surface area contributed by atoms with Crippen molar-refractivity contribution in [3.63, 3.8) is 0 Å². The van der Waals surface area contributed by atoms with E-state index in [2.05, 4.69) is 5.32 Å². The predicted molar refractivity (Wildman–Crippen MR) is 65.4 cm³/mol. The summed E-state index contributed by atoms with van der Waals surface area (Å²) < 4.78 is 0. The van der Waals surface area contributed by atoms with Crippen molar-refractivity contribution in [2.75, 3.05) is 5.32 Å². The predicted octanol–water partition coefficient (Wildman–Crippen LogP) is 1.02. The molecule has 0 fully saturated rings. The quantitative estimate of drug-likeness (QED) is 0.708. The molecule has 0 aliphatic rings. The van der Waals surface area contributed by atoms with Crippen LogP contribution in [-0.4, -0.2) is 22.9 Å². The molecule has 1 aromatic rings. The van der Waals surface area contributed by atoms with Gasteiger partial charge in [-0.1, -0.05) is 11.6 Å². The zero-order valence-corrected chi connectivity index (χ0v) is 9.77. The van der Waals surface area contributed by atoms with Gasteiger partial charge in [-0.3, -0.25) is 9.59 Å². The number of amides is 2. The Labute approximate surface area is 107 Å². The molecule has 0 heterocycles. The van der Waals surface area contributed by atoms with Crippen molar-refractivity contribution in [1.29, 1.82) is 0 Å². The zero-order chi connectivity index (χ0) is 13.7. The number of nitrogens with one attached hydrogen (secondary N) is 1. The Hall–Kier alpha value is -2.34. The molecule has 2 amide bonds. The van der Waals surface area contributed by atoms with Crippen LogP contribution in [0.25, 0.3) is 0 Å². The fourth-order valence-corrected chi connectivity index (χ4v) is 1.26. The van der Waals surface area contributed by atoms with Crippen molar-refractivity contribution in [2.24, 2.45) is 5.73 Å². The number of halogens is 1. The Morgan fingerprint density at radius 2 is 1.94 bits per heavy atom. The number of aliphatic carboxylic acids is 1. The van der Waals surface area contributed by atoms with E-state index in [1.54, 1.807) is 0 Å². The second kappa shape index (κ2) is 5.83. The normalized spacial score (nSPS) is 10.3. The lowest BCUT2D eigenvalue weighted by atomic mass is 10.2. The molecule has 6 nitrogen and oxygen atoms in total. The Balaban J connectivity index is 2.90. The molecule has 1 rings (SSSR count). The first-order valence-electron chi connectivity index (χ1n) is 4.71. The van der Waals surface area contributed by atoms with E-state index in [1.165, 1.54) is 18.2 Å². The molecule has 0 saturated heterocycles. The highest BCUT2D eigenvalue weighted by Gasteiger charge is 2.07. The average Bonchev–Trinajstić information content (AvgIpc) is 2.29. The summed E-state index contributed by atoms with van der Waals surface area (Å²) in [7, 11) is 0. The minimum Gasteiger partial charge on any atom is -0.478 e. The van der Waals surface area contributed by atoms with Crippen molar-refractivity contribution >= 4 is 35.1 Å². The summed E-state index contributed by atoms with van der Waals surface area (Å²) in [5.41, 5.74) is 5.43. The van der Waals surface area contributed by atoms with Crippen LogP contribution in [-0.2, 0) is 9.59 Å². The fraction of sp³-hybridized carbons (Fsp3) is 0. The monoisotopic (exact) mass is 268 g/mol. The summed E-state index contributed by atoms with van der Waals surface area (Å²) in [6, 6.07) is 4.11. The third-order valence-corrected chi connectivity index (χ3v) is 2.22. The number of carboxylic acid groups (broad SMARTS) is 1. The molecule has 0 unspecified atom stereocenters. The smallest absolute Gasteiger partial charge is 0.328 e. The molecule has 0 aliphatic carbocycles. The second-order valence-electron chi connectivity index (χ2n) is 3.22. The minimum absolute atomic E-state index is 0.174. The molecule has 0 aromatic heterocycles. The maximum Gasteiger partial charge on any atom is 0.328 e. The van der Waals surface area contributed by atoms with Gasteiger partial charge in [0.2, 0.25) is 11.8 Å². The highest BCUT2D eigenvalue weighted by atomic mass is 35.5. The van der Waals surface area contributed by atoms with Gasteiger partial charge in [0.15, 0.2) is 0 Å². The molecule has 0 saturated carbocycles. The number of carboxylic acids is 1. The van der Waals surface area contributed by atoms with Gasteiger partial charge in [0, 0.05) is 17.7 Å². The van der Waals surface area contributed by atoms with Gasteiger partial charge in [-0.25, -0.2) is 4.79 Å². The van der Waals surface area contributed by atoms with Crippen molar-refractivity contribution in [2.45, 2.75) is 0 Å². The highest BCUT2D eigenvalue weighted by Crippen LogP contribution is 2.22. The zero-order valence-electron chi connectivity index (χ0n) is 9.01.